The highest BCUT2D eigenvalue weighted by molar-refractivity contribution is 5.88. The van der Waals surface area contributed by atoms with Gasteiger partial charge in [-0.2, -0.15) is 0 Å². The lowest BCUT2D eigenvalue weighted by Gasteiger charge is -2.30. The number of rotatable bonds is 8. The van der Waals surface area contributed by atoms with Crippen molar-refractivity contribution in [2.24, 2.45) is 0 Å². The van der Waals surface area contributed by atoms with E-state index in [0.717, 1.165) is 28.0 Å². The van der Waals surface area contributed by atoms with Crippen LogP contribution in [0.3, 0.4) is 0 Å². The number of nitrogens with zero attached hydrogens (tertiary/aromatic N) is 1. The predicted octanol–water partition coefficient (Wildman–Crippen LogP) is 3.41. The van der Waals surface area contributed by atoms with E-state index in [2.05, 4.69) is 11.4 Å². The number of benzene rings is 2. The second kappa shape index (κ2) is 9.93. The van der Waals surface area contributed by atoms with Crippen molar-refractivity contribution >= 4 is 11.8 Å². The average molecular weight is 383 g/mol. The molecule has 0 aliphatic rings. The zero-order chi connectivity index (χ0) is 20.7. The molecule has 0 heterocycles. The first kappa shape index (κ1) is 21.5. The number of carbonyl (C=O) groups is 2. The smallest absolute Gasteiger partial charge is 0.242 e. The maximum Gasteiger partial charge on any atom is 0.242 e. The van der Waals surface area contributed by atoms with Gasteiger partial charge < -0.3 is 15.0 Å². The molecule has 1 N–H and O–H groups in total. The molecule has 150 valence electrons. The minimum absolute atomic E-state index is 0.0664. The normalized spacial score (nSPS) is 11.6. The van der Waals surface area contributed by atoms with Crippen LogP contribution in [0.1, 0.15) is 35.6 Å². The van der Waals surface area contributed by atoms with E-state index < -0.39 is 6.04 Å². The molecule has 5 nitrogen and oxygen atoms in total. The monoisotopic (exact) mass is 382 g/mol. The lowest BCUT2D eigenvalue weighted by molar-refractivity contribution is -0.140. The van der Waals surface area contributed by atoms with E-state index in [1.54, 1.807) is 19.1 Å². The Labute approximate surface area is 167 Å². The van der Waals surface area contributed by atoms with Crippen LogP contribution in [0.5, 0.6) is 5.75 Å². The fraction of sp³-hybridized carbons (Fsp3) is 0.391. The Balaban J connectivity index is 2.32. The second-order valence-corrected chi connectivity index (χ2v) is 7.08. The van der Waals surface area contributed by atoms with Crippen LogP contribution in [-0.4, -0.2) is 36.9 Å². The molecule has 2 aromatic carbocycles. The van der Waals surface area contributed by atoms with Crippen LogP contribution in [0.15, 0.2) is 42.5 Å². The maximum absolute atomic E-state index is 13.2. The summed E-state index contributed by atoms with van der Waals surface area (Å²) in [4.78, 5) is 27.3. The van der Waals surface area contributed by atoms with Gasteiger partial charge in [0, 0.05) is 13.6 Å². The number of hydrogen-bond donors (Lipinski definition) is 1. The van der Waals surface area contributed by atoms with E-state index >= 15 is 0 Å². The molecular weight excluding hydrogens is 352 g/mol. The maximum atomic E-state index is 13.2. The van der Waals surface area contributed by atoms with Crippen LogP contribution in [0.25, 0.3) is 0 Å². The summed E-state index contributed by atoms with van der Waals surface area (Å²) in [6.45, 7) is 6.32. The van der Waals surface area contributed by atoms with Crippen LogP contribution in [0, 0.1) is 13.8 Å². The fourth-order valence-electron chi connectivity index (χ4n) is 3.50. The molecule has 5 heteroatoms. The van der Waals surface area contributed by atoms with Gasteiger partial charge in [0.05, 0.1) is 13.5 Å². The molecule has 0 radical (unpaired) electrons. The number of likely N-dealkylation sites (N-methyl/N-ethyl adjacent to an activating group) is 1. The van der Waals surface area contributed by atoms with E-state index in [1.807, 2.05) is 57.2 Å². The minimum Gasteiger partial charge on any atom is -0.497 e. The van der Waals surface area contributed by atoms with Gasteiger partial charge in [-0.05, 0) is 43.5 Å². The first-order valence-corrected chi connectivity index (χ1v) is 9.59. The van der Waals surface area contributed by atoms with Gasteiger partial charge in [-0.25, -0.2) is 0 Å². The van der Waals surface area contributed by atoms with Crippen molar-refractivity contribution in [3.63, 3.8) is 0 Å². The summed E-state index contributed by atoms with van der Waals surface area (Å²) in [6, 6.07) is 13.2. The summed E-state index contributed by atoms with van der Waals surface area (Å²) >= 11 is 0. The Kier molecular flexibility index (Phi) is 7.61. The predicted molar refractivity (Wildman–Crippen MR) is 111 cm³/mol. The SMILES string of the molecule is CCC(C(=O)NC)N(Cc1cccc(OC)c1)C(=O)Cc1cc(C)cc(C)c1. The molecule has 0 bridgehead atoms. The Hall–Kier alpha value is -2.82. The summed E-state index contributed by atoms with van der Waals surface area (Å²) in [5.74, 6) is 0.509. The summed E-state index contributed by atoms with van der Waals surface area (Å²) in [5.41, 5.74) is 4.14. The molecule has 28 heavy (non-hydrogen) atoms. The van der Waals surface area contributed by atoms with Crippen LogP contribution < -0.4 is 10.1 Å². The highest BCUT2D eigenvalue weighted by Crippen LogP contribution is 2.19. The van der Waals surface area contributed by atoms with Crippen molar-refractivity contribution < 1.29 is 14.3 Å². The largest absolute Gasteiger partial charge is 0.497 e. The summed E-state index contributed by atoms with van der Waals surface area (Å²) in [5, 5.41) is 2.68. The molecule has 1 unspecified atom stereocenters. The molecule has 0 aliphatic carbocycles. The standard InChI is InChI=1S/C23H30N2O3/c1-6-21(23(27)24-4)25(15-18-8-7-9-20(13-18)28-5)22(26)14-19-11-16(2)10-17(3)12-19/h7-13,21H,6,14-15H2,1-5H3,(H,24,27). The fourth-order valence-corrected chi connectivity index (χ4v) is 3.50. The Morgan fingerprint density at radius 2 is 1.75 bits per heavy atom. The lowest BCUT2D eigenvalue weighted by Crippen LogP contribution is -2.48. The quantitative estimate of drug-likeness (QED) is 0.761. The molecule has 0 aromatic heterocycles. The number of hydrogen-bond acceptors (Lipinski definition) is 3. The molecule has 0 aliphatic heterocycles. The zero-order valence-corrected chi connectivity index (χ0v) is 17.4. The van der Waals surface area contributed by atoms with E-state index in [4.69, 9.17) is 4.74 Å². The zero-order valence-electron chi connectivity index (χ0n) is 17.4. The van der Waals surface area contributed by atoms with Gasteiger partial charge in [0.2, 0.25) is 11.8 Å². The summed E-state index contributed by atoms with van der Waals surface area (Å²) in [7, 11) is 3.21. The first-order chi connectivity index (χ1) is 13.4. The third-order valence-electron chi connectivity index (χ3n) is 4.76. The summed E-state index contributed by atoms with van der Waals surface area (Å²) < 4.78 is 5.29. The molecule has 0 fully saturated rings. The third kappa shape index (κ3) is 5.59. The second-order valence-electron chi connectivity index (χ2n) is 7.08. The Morgan fingerprint density at radius 1 is 1.07 bits per heavy atom. The van der Waals surface area contributed by atoms with Gasteiger partial charge >= 0.3 is 0 Å². The van der Waals surface area contributed by atoms with Crippen LogP contribution in [-0.2, 0) is 22.6 Å². The van der Waals surface area contributed by atoms with Gasteiger partial charge in [0.1, 0.15) is 11.8 Å². The average Bonchev–Trinajstić information content (AvgIpc) is 2.66. The van der Waals surface area contributed by atoms with E-state index in [1.165, 1.54) is 0 Å². The number of methoxy groups -OCH3 is 1. The van der Waals surface area contributed by atoms with Crippen molar-refractivity contribution in [2.75, 3.05) is 14.2 Å². The Bertz CT molecular complexity index is 812. The van der Waals surface area contributed by atoms with Gasteiger partial charge in [0.25, 0.3) is 0 Å². The van der Waals surface area contributed by atoms with Crippen molar-refractivity contribution in [1.29, 1.82) is 0 Å². The van der Waals surface area contributed by atoms with E-state index in [-0.39, 0.29) is 18.2 Å². The van der Waals surface area contributed by atoms with Crippen molar-refractivity contribution in [2.45, 2.75) is 46.2 Å². The number of amides is 2. The van der Waals surface area contributed by atoms with Gasteiger partial charge in [-0.1, -0.05) is 48.4 Å². The highest BCUT2D eigenvalue weighted by Gasteiger charge is 2.28. The lowest BCUT2D eigenvalue weighted by atomic mass is 10.0. The molecule has 2 rings (SSSR count). The number of ether oxygens (including phenoxy) is 1. The molecule has 0 saturated carbocycles. The van der Waals surface area contributed by atoms with E-state index in [0.29, 0.717) is 13.0 Å². The van der Waals surface area contributed by atoms with Gasteiger partial charge in [-0.3, -0.25) is 9.59 Å². The molecule has 0 saturated heterocycles. The number of carbonyl (C=O) groups excluding carboxylic acids is 2. The molecule has 2 amide bonds. The molecule has 0 spiro atoms. The minimum atomic E-state index is -0.519. The third-order valence-corrected chi connectivity index (χ3v) is 4.76. The number of aryl methyl sites for hydroxylation is 2. The van der Waals surface area contributed by atoms with Crippen molar-refractivity contribution in [1.82, 2.24) is 10.2 Å². The molecular formula is C23H30N2O3. The highest BCUT2D eigenvalue weighted by atomic mass is 16.5. The van der Waals surface area contributed by atoms with Crippen LogP contribution in [0.2, 0.25) is 0 Å². The van der Waals surface area contributed by atoms with Crippen LogP contribution in [0.4, 0.5) is 0 Å². The van der Waals surface area contributed by atoms with Gasteiger partial charge in [-0.15, -0.1) is 0 Å². The topological polar surface area (TPSA) is 58.6 Å². The van der Waals surface area contributed by atoms with Gasteiger partial charge in [0.15, 0.2) is 0 Å². The van der Waals surface area contributed by atoms with Crippen LogP contribution >= 0.6 is 0 Å². The molecule has 2 aromatic rings. The van der Waals surface area contributed by atoms with E-state index in [9.17, 15) is 9.59 Å². The first-order valence-electron chi connectivity index (χ1n) is 9.59. The summed E-state index contributed by atoms with van der Waals surface area (Å²) in [6.07, 6.45) is 0.808. The molecule has 1 atom stereocenters. The number of nitrogens with one attached hydrogen (secondary N) is 1. The van der Waals surface area contributed by atoms with Crippen molar-refractivity contribution in [3.05, 3.63) is 64.7 Å². The Morgan fingerprint density at radius 3 is 2.32 bits per heavy atom. The van der Waals surface area contributed by atoms with Crippen molar-refractivity contribution in [3.8, 4) is 5.75 Å².